The van der Waals surface area contributed by atoms with Crippen LogP contribution in [0.2, 0.25) is 0 Å². The van der Waals surface area contributed by atoms with Gasteiger partial charge in [0.25, 0.3) is 5.69 Å². The van der Waals surface area contributed by atoms with Crippen LogP contribution in [0.4, 0.5) is 5.69 Å². The van der Waals surface area contributed by atoms with Gasteiger partial charge in [0.15, 0.2) is 0 Å². The van der Waals surface area contributed by atoms with Crippen molar-refractivity contribution in [3.05, 3.63) is 61.6 Å². The molecule has 0 radical (unpaired) electrons. The van der Waals surface area contributed by atoms with E-state index in [1.54, 1.807) is 19.1 Å². The summed E-state index contributed by atoms with van der Waals surface area (Å²) in [5, 5.41) is 10.8. The van der Waals surface area contributed by atoms with Crippen LogP contribution in [0.3, 0.4) is 0 Å². The molecule has 0 spiro atoms. The molecule has 0 atom stereocenters. The van der Waals surface area contributed by atoms with Crippen LogP contribution in [0.15, 0.2) is 34.8 Å². The van der Waals surface area contributed by atoms with E-state index in [9.17, 15) is 10.1 Å². The second-order valence-corrected chi connectivity index (χ2v) is 5.47. The Balaban J connectivity index is 2.31. The molecule has 0 aliphatic heterocycles. The standard InChI is InChI=1S/C15H14BrNO3/c1-9-6-12(4-5-14(9)17(18)19)20-13-7-10(2)15(16)11(3)8-13/h4-8H,1-3H3. The first kappa shape index (κ1) is 14.5. The maximum atomic E-state index is 10.8. The summed E-state index contributed by atoms with van der Waals surface area (Å²) in [6.07, 6.45) is 0. The molecule has 0 saturated heterocycles. The van der Waals surface area contributed by atoms with E-state index in [1.807, 2.05) is 26.0 Å². The number of aryl methyl sites for hydroxylation is 3. The van der Waals surface area contributed by atoms with Gasteiger partial charge in [-0.05, 0) is 56.2 Å². The molecule has 0 heterocycles. The largest absolute Gasteiger partial charge is 0.457 e. The molecule has 2 aromatic carbocycles. The summed E-state index contributed by atoms with van der Waals surface area (Å²) in [6.45, 7) is 5.68. The van der Waals surface area contributed by atoms with Crippen LogP contribution in [0, 0.1) is 30.9 Å². The number of halogens is 1. The molecule has 4 nitrogen and oxygen atoms in total. The molecule has 2 aromatic rings. The summed E-state index contributed by atoms with van der Waals surface area (Å²) in [5.74, 6) is 1.31. The van der Waals surface area contributed by atoms with Crippen molar-refractivity contribution < 1.29 is 9.66 Å². The zero-order chi connectivity index (χ0) is 14.9. The molecule has 0 fully saturated rings. The van der Waals surface area contributed by atoms with Crippen LogP contribution in [0.5, 0.6) is 11.5 Å². The van der Waals surface area contributed by atoms with Gasteiger partial charge in [0, 0.05) is 16.1 Å². The van der Waals surface area contributed by atoms with Crippen molar-refractivity contribution in [2.24, 2.45) is 0 Å². The number of rotatable bonds is 3. The van der Waals surface area contributed by atoms with Gasteiger partial charge in [0.2, 0.25) is 0 Å². The summed E-state index contributed by atoms with van der Waals surface area (Å²) in [7, 11) is 0. The van der Waals surface area contributed by atoms with E-state index >= 15 is 0 Å². The predicted molar refractivity (Wildman–Crippen MR) is 81.5 cm³/mol. The van der Waals surface area contributed by atoms with Crippen molar-refractivity contribution >= 4 is 21.6 Å². The Kier molecular flexibility index (Phi) is 4.09. The summed E-state index contributed by atoms with van der Waals surface area (Å²) < 4.78 is 6.83. The van der Waals surface area contributed by atoms with Crippen LogP contribution in [-0.2, 0) is 0 Å². The van der Waals surface area contributed by atoms with Crippen molar-refractivity contribution in [2.75, 3.05) is 0 Å². The fourth-order valence-electron chi connectivity index (χ4n) is 2.00. The van der Waals surface area contributed by atoms with E-state index in [2.05, 4.69) is 15.9 Å². The number of ether oxygens (including phenoxy) is 1. The quantitative estimate of drug-likeness (QED) is 0.580. The van der Waals surface area contributed by atoms with E-state index < -0.39 is 4.92 Å². The molecule has 0 N–H and O–H groups in total. The van der Waals surface area contributed by atoms with Crippen LogP contribution >= 0.6 is 15.9 Å². The number of nitro benzene ring substituents is 1. The lowest BCUT2D eigenvalue weighted by atomic mass is 10.1. The van der Waals surface area contributed by atoms with E-state index in [0.717, 1.165) is 21.3 Å². The van der Waals surface area contributed by atoms with Crippen LogP contribution < -0.4 is 4.74 Å². The molecule has 0 unspecified atom stereocenters. The third kappa shape index (κ3) is 2.99. The number of hydrogen-bond donors (Lipinski definition) is 0. The minimum absolute atomic E-state index is 0.0977. The average molecular weight is 336 g/mol. The Morgan fingerprint density at radius 1 is 1.00 bits per heavy atom. The van der Waals surface area contributed by atoms with Gasteiger partial charge in [-0.2, -0.15) is 0 Å². The maximum absolute atomic E-state index is 10.8. The van der Waals surface area contributed by atoms with Gasteiger partial charge in [-0.3, -0.25) is 10.1 Å². The molecule has 0 aliphatic carbocycles. The van der Waals surface area contributed by atoms with Crippen LogP contribution in [0.1, 0.15) is 16.7 Å². The average Bonchev–Trinajstić information content (AvgIpc) is 2.35. The lowest BCUT2D eigenvalue weighted by molar-refractivity contribution is -0.385. The molecule has 5 heteroatoms. The topological polar surface area (TPSA) is 52.4 Å². The Labute approximate surface area is 125 Å². The van der Waals surface area contributed by atoms with Gasteiger partial charge in [0.05, 0.1) is 4.92 Å². The highest BCUT2D eigenvalue weighted by Gasteiger charge is 2.11. The number of nitrogens with zero attached hydrogens (tertiary/aromatic N) is 1. The normalized spacial score (nSPS) is 10.4. The third-order valence-corrected chi connectivity index (χ3v) is 4.26. The van der Waals surface area contributed by atoms with Crippen LogP contribution in [0.25, 0.3) is 0 Å². The first-order valence-electron chi connectivity index (χ1n) is 6.08. The molecule has 20 heavy (non-hydrogen) atoms. The van der Waals surface area contributed by atoms with Gasteiger partial charge in [-0.15, -0.1) is 0 Å². The van der Waals surface area contributed by atoms with E-state index in [0.29, 0.717) is 11.3 Å². The van der Waals surface area contributed by atoms with E-state index in [1.165, 1.54) is 6.07 Å². The Bertz CT molecular complexity index is 660. The monoisotopic (exact) mass is 335 g/mol. The Morgan fingerprint density at radius 3 is 2.05 bits per heavy atom. The molecular weight excluding hydrogens is 322 g/mol. The lowest BCUT2D eigenvalue weighted by Gasteiger charge is -2.10. The third-order valence-electron chi connectivity index (χ3n) is 3.01. The molecular formula is C15H14BrNO3. The zero-order valence-corrected chi connectivity index (χ0v) is 13.0. The van der Waals surface area contributed by atoms with Crippen LogP contribution in [-0.4, -0.2) is 4.92 Å². The summed E-state index contributed by atoms with van der Waals surface area (Å²) in [6, 6.07) is 8.59. The summed E-state index contributed by atoms with van der Waals surface area (Å²) in [5.41, 5.74) is 2.84. The number of benzene rings is 2. The fraction of sp³-hybridized carbons (Fsp3) is 0.200. The minimum Gasteiger partial charge on any atom is -0.457 e. The molecule has 0 bridgehead atoms. The minimum atomic E-state index is -0.396. The smallest absolute Gasteiger partial charge is 0.272 e. The Morgan fingerprint density at radius 2 is 1.55 bits per heavy atom. The van der Waals surface area contributed by atoms with Gasteiger partial charge >= 0.3 is 0 Å². The van der Waals surface area contributed by atoms with Crippen molar-refractivity contribution in [2.45, 2.75) is 20.8 Å². The second kappa shape index (κ2) is 5.63. The number of nitro groups is 1. The molecule has 0 aliphatic rings. The maximum Gasteiger partial charge on any atom is 0.272 e. The van der Waals surface area contributed by atoms with Crippen molar-refractivity contribution in [3.63, 3.8) is 0 Å². The highest BCUT2D eigenvalue weighted by atomic mass is 79.9. The first-order chi connectivity index (χ1) is 9.38. The highest BCUT2D eigenvalue weighted by Crippen LogP contribution is 2.31. The van der Waals surface area contributed by atoms with Gasteiger partial charge in [-0.25, -0.2) is 0 Å². The lowest BCUT2D eigenvalue weighted by Crippen LogP contribution is -1.93. The SMILES string of the molecule is Cc1cc(Oc2cc(C)c(Br)c(C)c2)ccc1[N+](=O)[O-]. The van der Waals surface area contributed by atoms with E-state index in [4.69, 9.17) is 4.74 Å². The molecule has 0 aromatic heterocycles. The zero-order valence-electron chi connectivity index (χ0n) is 11.4. The fourth-order valence-corrected chi connectivity index (χ4v) is 2.23. The summed E-state index contributed by atoms with van der Waals surface area (Å²) in [4.78, 5) is 10.4. The number of hydrogen-bond acceptors (Lipinski definition) is 3. The van der Waals surface area contributed by atoms with Crippen molar-refractivity contribution in [3.8, 4) is 11.5 Å². The second-order valence-electron chi connectivity index (χ2n) is 4.68. The Hall–Kier alpha value is -1.88. The highest BCUT2D eigenvalue weighted by molar-refractivity contribution is 9.10. The summed E-state index contributed by atoms with van der Waals surface area (Å²) >= 11 is 3.51. The van der Waals surface area contributed by atoms with Crippen molar-refractivity contribution in [1.29, 1.82) is 0 Å². The van der Waals surface area contributed by atoms with Gasteiger partial charge in [-0.1, -0.05) is 15.9 Å². The van der Waals surface area contributed by atoms with Gasteiger partial charge in [0.1, 0.15) is 11.5 Å². The van der Waals surface area contributed by atoms with Crippen molar-refractivity contribution in [1.82, 2.24) is 0 Å². The first-order valence-corrected chi connectivity index (χ1v) is 6.87. The van der Waals surface area contributed by atoms with Gasteiger partial charge < -0.3 is 4.74 Å². The molecule has 0 saturated carbocycles. The predicted octanol–water partition coefficient (Wildman–Crippen LogP) is 5.07. The molecule has 2 rings (SSSR count). The molecule has 0 amide bonds. The molecule has 104 valence electrons. The van der Waals surface area contributed by atoms with E-state index in [-0.39, 0.29) is 5.69 Å².